The fourth-order valence-corrected chi connectivity index (χ4v) is 2.93. The predicted molar refractivity (Wildman–Crippen MR) is 79.1 cm³/mol. The Kier molecular flexibility index (Phi) is 4.49. The van der Waals surface area contributed by atoms with Gasteiger partial charge in [0, 0.05) is 13.0 Å². The van der Waals surface area contributed by atoms with E-state index in [-0.39, 0.29) is 0 Å². The highest BCUT2D eigenvalue weighted by atomic mass is 32.1. The molecule has 0 fully saturated rings. The van der Waals surface area contributed by atoms with Gasteiger partial charge in [0.15, 0.2) is 0 Å². The van der Waals surface area contributed by atoms with Crippen LogP contribution in [0.25, 0.3) is 10.8 Å². The van der Waals surface area contributed by atoms with Gasteiger partial charge in [-0.1, -0.05) is 13.8 Å². The van der Waals surface area contributed by atoms with E-state index in [1.165, 1.54) is 0 Å². The molecule has 2 aromatic heterocycles. The van der Waals surface area contributed by atoms with Crippen molar-refractivity contribution in [2.75, 3.05) is 20.6 Å². The second-order valence-electron chi connectivity index (χ2n) is 4.95. The molecule has 0 aromatic carbocycles. The first-order valence-electron chi connectivity index (χ1n) is 6.17. The lowest BCUT2D eigenvalue weighted by molar-refractivity contribution is 0.413. The summed E-state index contributed by atoms with van der Waals surface area (Å²) in [5.74, 6) is 0.877. The van der Waals surface area contributed by atoms with Gasteiger partial charge in [0.05, 0.1) is 10.7 Å². The van der Waals surface area contributed by atoms with Crippen LogP contribution in [-0.2, 0) is 6.42 Å². The Balaban J connectivity index is 2.33. The number of H-pyrrole nitrogens is 1. The van der Waals surface area contributed by atoms with Crippen LogP contribution in [-0.4, -0.2) is 40.7 Å². The third-order valence-electron chi connectivity index (χ3n) is 2.65. The van der Waals surface area contributed by atoms with Crippen LogP contribution in [0.3, 0.4) is 0 Å². The van der Waals surface area contributed by atoms with Crippen molar-refractivity contribution < 1.29 is 4.42 Å². The van der Waals surface area contributed by atoms with Crippen molar-refractivity contribution in [1.82, 2.24) is 20.1 Å². The molecule has 2 aromatic rings. The molecule has 2 rings (SSSR count). The van der Waals surface area contributed by atoms with Crippen LogP contribution >= 0.6 is 23.6 Å². The SMILES string of the molecule is CC(C)c1nc(CCN(C)C)sc1-c1n[nH]c(=S)o1. The number of nitrogens with one attached hydrogen (secondary N) is 1. The topological polar surface area (TPSA) is 58.0 Å². The monoisotopic (exact) mass is 298 g/mol. The summed E-state index contributed by atoms with van der Waals surface area (Å²) in [4.78, 5) is 8.14. The summed E-state index contributed by atoms with van der Waals surface area (Å²) in [6.07, 6.45) is 0.933. The normalized spacial score (nSPS) is 11.7. The van der Waals surface area contributed by atoms with E-state index in [2.05, 4.69) is 43.0 Å². The molecule has 0 atom stereocenters. The number of likely N-dealkylation sites (N-methyl/N-ethyl adjacent to an activating group) is 1. The van der Waals surface area contributed by atoms with Gasteiger partial charge in [-0.25, -0.2) is 10.1 Å². The molecule has 5 nitrogen and oxygen atoms in total. The zero-order valence-electron chi connectivity index (χ0n) is 11.6. The molecule has 1 N–H and O–H groups in total. The molecule has 0 unspecified atom stereocenters. The average Bonchev–Trinajstić information content (AvgIpc) is 2.92. The molecule has 0 saturated carbocycles. The van der Waals surface area contributed by atoms with Crippen molar-refractivity contribution in [2.45, 2.75) is 26.2 Å². The molecule has 19 heavy (non-hydrogen) atoms. The number of aromatic amines is 1. The smallest absolute Gasteiger partial charge is 0.284 e. The van der Waals surface area contributed by atoms with Crippen LogP contribution < -0.4 is 0 Å². The van der Waals surface area contributed by atoms with Gasteiger partial charge in [0.2, 0.25) is 0 Å². The van der Waals surface area contributed by atoms with Gasteiger partial charge in [-0.05, 0) is 32.2 Å². The van der Waals surface area contributed by atoms with Crippen LogP contribution in [0.15, 0.2) is 4.42 Å². The first-order valence-corrected chi connectivity index (χ1v) is 7.40. The zero-order chi connectivity index (χ0) is 14.0. The Labute approximate surface area is 121 Å². The highest BCUT2D eigenvalue weighted by molar-refractivity contribution is 7.71. The predicted octanol–water partition coefficient (Wildman–Crippen LogP) is 3.08. The second-order valence-corrected chi connectivity index (χ2v) is 6.40. The minimum atomic E-state index is 0.299. The van der Waals surface area contributed by atoms with Gasteiger partial charge < -0.3 is 9.32 Å². The molecule has 0 aliphatic carbocycles. The van der Waals surface area contributed by atoms with Crippen LogP contribution in [0.1, 0.15) is 30.5 Å². The first-order chi connectivity index (χ1) is 8.97. The Bertz CT molecular complexity index is 597. The van der Waals surface area contributed by atoms with Crippen LogP contribution in [0, 0.1) is 4.84 Å². The van der Waals surface area contributed by atoms with E-state index in [4.69, 9.17) is 21.6 Å². The van der Waals surface area contributed by atoms with E-state index >= 15 is 0 Å². The number of hydrogen-bond donors (Lipinski definition) is 1. The minimum absolute atomic E-state index is 0.299. The molecule has 0 bridgehead atoms. The molecule has 0 aliphatic heterocycles. The average molecular weight is 298 g/mol. The minimum Gasteiger partial charge on any atom is -0.408 e. The molecule has 0 saturated heterocycles. The van der Waals surface area contributed by atoms with Crippen LogP contribution in [0.4, 0.5) is 0 Å². The maximum Gasteiger partial charge on any atom is 0.284 e. The van der Waals surface area contributed by atoms with E-state index in [9.17, 15) is 0 Å². The Hall–Kier alpha value is -1.05. The Morgan fingerprint density at radius 3 is 2.68 bits per heavy atom. The van der Waals surface area contributed by atoms with Crippen LogP contribution in [0.5, 0.6) is 0 Å². The maximum absolute atomic E-state index is 5.41. The lowest BCUT2D eigenvalue weighted by Crippen LogP contribution is -2.14. The number of aromatic nitrogens is 3. The molecule has 0 radical (unpaired) electrons. The van der Waals surface area contributed by atoms with Gasteiger partial charge in [-0.3, -0.25) is 0 Å². The van der Waals surface area contributed by atoms with E-state index in [0.29, 0.717) is 16.6 Å². The second kappa shape index (κ2) is 5.94. The highest BCUT2D eigenvalue weighted by Crippen LogP contribution is 2.33. The summed E-state index contributed by atoms with van der Waals surface area (Å²) in [6, 6.07) is 0. The van der Waals surface area contributed by atoms with Gasteiger partial charge in [0.25, 0.3) is 10.7 Å². The van der Waals surface area contributed by atoms with Gasteiger partial charge in [-0.15, -0.1) is 16.4 Å². The number of nitrogens with zero attached hydrogens (tertiary/aromatic N) is 3. The quantitative estimate of drug-likeness (QED) is 0.860. The molecule has 7 heteroatoms. The maximum atomic E-state index is 5.41. The summed E-state index contributed by atoms with van der Waals surface area (Å²) < 4.78 is 5.41. The van der Waals surface area contributed by atoms with E-state index in [1.54, 1.807) is 11.3 Å². The standard InChI is InChI=1S/C12H18N4OS2/c1-7(2)9-10(11-14-15-12(18)17-11)19-8(13-9)5-6-16(3)4/h7H,5-6H2,1-4H3,(H,15,18). The van der Waals surface area contributed by atoms with Crippen molar-refractivity contribution in [3.63, 3.8) is 0 Å². The fourth-order valence-electron chi connectivity index (χ4n) is 1.68. The fraction of sp³-hybridized carbons (Fsp3) is 0.583. The Morgan fingerprint density at radius 1 is 1.42 bits per heavy atom. The number of rotatable bonds is 5. The summed E-state index contributed by atoms with van der Waals surface area (Å²) in [6.45, 7) is 5.22. The molecule has 0 aliphatic rings. The van der Waals surface area contributed by atoms with Crippen molar-refractivity contribution in [1.29, 1.82) is 0 Å². The molecule has 104 valence electrons. The van der Waals surface area contributed by atoms with Crippen LogP contribution in [0.2, 0.25) is 0 Å². The largest absolute Gasteiger partial charge is 0.408 e. The number of thiazole rings is 1. The van der Waals surface area contributed by atoms with Crippen molar-refractivity contribution in [2.24, 2.45) is 0 Å². The van der Waals surface area contributed by atoms with E-state index in [1.807, 2.05) is 0 Å². The first kappa shape index (κ1) is 14.4. The summed E-state index contributed by atoms with van der Waals surface area (Å²) >= 11 is 6.56. The number of hydrogen-bond acceptors (Lipinski definition) is 6. The molecule has 0 amide bonds. The van der Waals surface area contributed by atoms with Crippen molar-refractivity contribution in [3.05, 3.63) is 15.5 Å². The summed E-state index contributed by atoms with van der Waals surface area (Å²) in [5.41, 5.74) is 1.03. The lowest BCUT2D eigenvalue weighted by Gasteiger charge is -2.06. The summed E-state index contributed by atoms with van der Waals surface area (Å²) in [7, 11) is 4.12. The third kappa shape index (κ3) is 3.49. The molecule has 2 heterocycles. The van der Waals surface area contributed by atoms with Gasteiger partial charge >= 0.3 is 0 Å². The highest BCUT2D eigenvalue weighted by Gasteiger charge is 2.19. The summed E-state index contributed by atoms with van der Waals surface area (Å²) in [5, 5.41) is 7.87. The van der Waals surface area contributed by atoms with Crippen molar-refractivity contribution >= 4 is 23.6 Å². The van der Waals surface area contributed by atoms with Gasteiger partial charge in [0.1, 0.15) is 4.88 Å². The molecule has 0 spiro atoms. The molecular formula is C12H18N4OS2. The zero-order valence-corrected chi connectivity index (χ0v) is 13.2. The third-order valence-corrected chi connectivity index (χ3v) is 3.94. The molecular weight excluding hydrogens is 280 g/mol. The van der Waals surface area contributed by atoms with E-state index in [0.717, 1.165) is 28.5 Å². The van der Waals surface area contributed by atoms with E-state index < -0.39 is 0 Å². The Morgan fingerprint density at radius 2 is 2.16 bits per heavy atom. The van der Waals surface area contributed by atoms with Gasteiger partial charge in [-0.2, -0.15) is 0 Å². The van der Waals surface area contributed by atoms with Crippen molar-refractivity contribution in [3.8, 4) is 10.8 Å². The lowest BCUT2D eigenvalue weighted by atomic mass is 10.1.